The lowest BCUT2D eigenvalue weighted by Gasteiger charge is -2.41. The van der Waals surface area contributed by atoms with Crippen LogP contribution in [0.1, 0.15) is 12.8 Å². The average molecular weight is 484 g/mol. The maximum absolute atomic E-state index is 15.4. The van der Waals surface area contributed by atoms with Crippen LogP contribution < -0.4 is 10.1 Å². The highest BCUT2D eigenvalue weighted by atomic mass is 19.1. The summed E-state index contributed by atoms with van der Waals surface area (Å²) in [6, 6.07) is 13.1. The molecule has 9 heteroatoms. The third-order valence-corrected chi connectivity index (χ3v) is 6.80. The Morgan fingerprint density at radius 3 is 2.69 bits per heavy atom. The van der Waals surface area contributed by atoms with E-state index in [9.17, 15) is 0 Å². The van der Waals surface area contributed by atoms with Gasteiger partial charge in [-0.15, -0.1) is 0 Å². The summed E-state index contributed by atoms with van der Waals surface area (Å²) in [5.41, 5.74) is 3.31. The second kappa shape index (κ2) is 8.83. The number of aryl methyl sites for hydroxylation is 1. The number of halogens is 1. The lowest BCUT2D eigenvalue weighted by molar-refractivity contribution is 0.0206. The Morgan fingerprint density at radius 1 is 1.06 bits per heavy atom. The van der Waals surface area contributed by atoms with E-state index in [1.165, 1.54) is 6.33 Å². The van der Waals surface area contributed by atoms with Crippen LogP contribution in [0.2, 0.25) is 0 Å². The van der Waals surface area contributed by atoms with Gasteiger partial charge in [0.15, 0.2) is 5.82 Å². The van der Waals surface area contributed by atoms with Gasteiger partial charge in [0.05, 0.1) is 27.8 Å². The molecule has 0 spiro atoms. The molecular weight excluding hydrogens is 457 g/mol. The van der Waals surface area contributed by atoms with E-state index in [0.29, 0.717) is 45.1 Å². The van der Waals surface area contributed by atoms with Gasteiger partial charge in [-0.1, -0.05) is 0 Å². The van der Waals surface area contributed by atoms with Crippen LogP contribution >= 0.6 is 0 Å². The Kier molecular flexibility index (Phi) is 5.49. The third kappa shape index (κ3) is 3.91. The van der Waals surface area contributed by atoms with Gasteiger partial charge in [-0.25, -0.2) is 14.4 Å². The number of nitrogens with one attached hydrogen (secondary N) is 1. The highest BCUT2D eigenvalue weighted by Gasteiger charge is 2.35. The number of ether oxygens (including phenoxy) is 1. The summed E-state index contributed by atoms with van der Waals surface area (Å²) in [4.78, 5) is 15.4. The monoisotopic (exact) mass is 483 g/mol. The first-order chi connectivity index (χ1) is 17.5. The van der Waals surface area contributed by atoms with Gasteiger partial charge in [-0.3, -0.25) is 9.67 Å². The van der Waals surface area contributed by atoms with Crippen molar-refractivity contribution in [2.75, 3.05) is 19.4 Å². The van der Waals surface area contributed by atoms with Crippen LogP contribution in [0.3, 0.4) is 0 Å². The highest BCUT2D eigenvalue weighted by Crippen LogP contribution is 2.39. The van der Waals surface area contributed by atoms with Gasteiger partial charge < -0.3 is 15.0 Å². The standard InChI is InChI=1S/C27H26FN7O/c1-34(2)22-8-9-23(22)36-24-14-16(18-10-12-35(3)33-18)13-21-25(24)27(31-15-30-21)32-20-7-6-19-17(26(20)28)5-4-11-29-19/h4-7,10-15,22-23H,8-9H2,1-3H3,(H,30,31,32)/t22?,23-/m1/s1. The second-order valence-electron chi connectivity index (χ2n) is 9.35. The normalized spacial score (nSPS) is 17.5. The largest absolute Gasteiger partial charge is 0.488 e. The molecule has 3 aromatic heterocycles. The molecule has 2 atom stereocenters. The molecular formula is C27H26FN7O. The molecule has 36 heavy (non-hydrogen) atoms. The number of aromatic nitrogens is 5. The van der Waals surface area contributed by atoms with Crippen molar-refractivity contribution >= 4 is 33.3 Å². The molecule has 1 aliphatic carbocycles. The molecule has 1 saturated carbocycles. The average Bonchev–Trinajstić information content (AvgIpc) is 3.29. The van der Waals surface area contributed by atoms with Gasteiger partial charge in [0.2, 0.25) is 0 Å². The van der Waals surface area contributed by atoms with E-state index in [1.54, 1.807) is 35.1 Å². The number of likely N-dealkylation sites (N-methyl/N-ethyl adjacent to an activating group) is 1. The topological polar surface area (TPSA) is 81.0 Å². The van der Waals surface area contributed by atoms with E-state index in [1.807, 2.05) is 31.4 Å². The molecule has 6 rings (SSSR count). The Balaban J connectivity index is 1.47. The van der Waals surface area contributed by atoms with Crippen LogP contribution in [0, 0.1) is 5.82 Å². The van der Waals surface area contributed by atoms with E-state index in [0.717, 1.165) is 24.1 Å². The van der Waals surface area contributed by atoms with Crippen LogP contribution in [0.4, 0.5) is 15.9 Å². The number of hydrogen-bond donors (Lipinski definition) is 1. The maximum Gasteiger partial charge on any atom is 0.156 e. The van der Waals surface area contributed by atoms with Crippen molar-refractivity contribution in [1.82, 2.24) is 29.6 Å². The lowest BCUT2D eigenvalue weighted by atomic mass is 9.88. The first kappa shape index (κ1) is 22.4. The molecule has 3 heterocycles. The van der Waals surface area contributed by atoms with Gasteiger partial charge in [0.1, 0.15) is 24.0 Å². The fourth-order valence-corrected chi connectivity index (χ4v) is 4.74. The Labute approximate surface area is 207 Å². The van der Waals surface area contributed by atoms with E-state index in [-0.39, 0.29) is 11.9 Å². The quantitative estimate of drug-likeness (QED) is 0.367. The summed E-state index contributed by atoms with van der Waals surface area (Å²) in [7, 11) is 6.02. The van der Waals surface area contributed by atoms with Crippen molar-refractivity contribution in [3.05, 3.63) is 67.0 Å². The zero-order valence-electron chi connectivity index (χ0n) is 20.3. The molecule has 1 fully saturated rings. The lowest BCUT2D eigenvalue weighted by Crippen LogP contribution is -2.50. The fourth-order valence-electron chi connectivity index (χ4n) is 4.74. The van der Waals surface area contributed by atoms with Crippen molar-refractivity contribution in [3.63, 3.8) is 0 Å². The SMILES string of the molecule is CN(C)C1CC[C@H]1Oc1cc(-c2ccn(C)n2)cc2ncnc(Nc3ccc4ncccc4c3F)c12. The molecule has 0 saturated heterocycles. The van der Waals surface area contributed by atoms with Crippen molar-refractivity contribution in [2.45, 2.75) is 25.0 Å². The zero-order chi connectivity index (χ0) is 24.8. The molecule has 1 N–H and O–H groups in total. The van der Waals surface area contributed by atoms with Crippen LogP contribution in [-0.2, 0) is 7.05 Å². The summed E-state index contributed by atoms with van der Waals surface area (Å²) in [5, 5.41) is 8.89. The Hall–Kier alpha value is -4.11. The van der Waals surface area contributed by atoms with Crippen LogP contribution in [0.25, 0.3) is 33.1 Å². The Morgan fingerprint density at radius 2 is 1.94 bits per heavy atom. The summed E-state index contributed by atoms with van der Waals surface area (Å²) in [6.07, 6.45) is 7.10. The number of hydrogen-bond acceptors (Lipinski definition) is 7. The van der Waals surface area contributed by atoms with E-state index >= 15 is 4.39 Å². The fraction of sp³-hybridized carbons (Fsp3) is 0.259. The minimum atomic E-state index is -0.383. The van der Waals surface area contributed by atoms with Crippen molar-refractivity contribution in [1.29, 1.82) is 0 Å². The molecule has 0 aliphatic heterocycles. The van der Waals surface area contributed by atoms with Gasteiger partial charge in [-0.05, 0) is 69.4 Å². The van der Waals surface area contributed by atoms with Gasteiger partial charge in [0, 0.05) is 36.4 Å². The molecule has 0 amide bonds. The minimum absolute atomic E-state index is 0.0405. The van der Waals surface area contributed by atoms with E-state index < -0.39 is 0 Å². The molecule has 1 unspecified atom stereocenters. The van der Waals surface area contributed by atoms with Crippen molar-refractivity contribution < 1.29 is 9.13 Å². The number of nitrogens with zero attached hydrogens (tertiary/aromatic N) is 6. The van der Waals surface area contributed by atoms with E-state index in [2.05, 4.69) is 44.4 Å². The van der Waals surface area contributed by atoms with Crippen molar-refractivity contribution in [2.24, 2.45) is 7.05 Å². The summed E-state index contributed by atoms with van der Waals surface area (Å²) in [6.45, 7) is 0. The molecule has 8 nitrogen and oxygen atoms in total. The molecule has 182 valence electrons. The van der Waals surface area contributed by atoms with Gasteiger partial charge >= 0.3 is 0 Å². The number of anilines is 2. The number of pyridine rings is 1. The molecule has 2 aromatic carbocycles. The maximum atomic E-state index is 15.4. The molecule has 1 aliphatic rings. The van der Waals surface area contributed by atoms with Crippen LogP contribution in [0.5, 0.6) is 5.75 Å². The predicted octanol–water partition coefficient (Wildman–Crippen LogP) is 4.93. The first-order valence-corrected chi connectivity index (χ1v) is 11.9. The molecule has 5 aromatic rings. The zero-order valence-corrected chi connectivity index (χ0v) is 20.3. The van der Waals surface area contributed by atoms with Crippen LogP contribution in [0.15, 0.2) is 61.2 Å². The molecule has 0 bridgehead atoms. The molecule has 0 radical (unpaired) electrons. The second-order valence-corrected chi connectivity index (χ2v) is 9.35. The van der Waals surface area contributed by atoms with Crippen LogP contribution in [-0.4, -0.2) is 55.9 Å². The number of rotatable bonds is 6. The Bertz CT molecular complexity index is 1580. The first-order valence-electron chi connectivity index (χ1n) is 11.9. The summed E-state index contributed by atoms with van der Waals surface area (Å²) < 4.78 is 23.7. The summed E-state index contributed by atoms with van der Waals surface area (Å²) >= 11 is 0. The summed E-state index contributed by atoms with van der Waals surface area (Å²) in [5.74, 6) is 0.743. The van der Waals surface area contributed by atoms with E-state index in [4.69, 9.17) is 4.74 Å². The third-order valence-electron chi connectivity index (χ3n) is 6.80. The minimum Gasteiger partial charge on any atom is -0.488 e. The van der Waals surface area contributed by atoms with Gasteiger partial charge in [0.25, 0.3) is 0 Å². The smallest absolute Gasteiger partial charge is 0.156 e. The van der Waals surface area contributed by atoms with Crippen molar-refractivity contribution in [3.8, 4) is 17.0 Å². The number of benzene rings is 2. The number of fused-ring (bicyclic) bond motifs is 2. The highest BCUT2D eigenvalue weighted by molar-refractivity contribution is 5.99. The van der Waals surface area contributed by atoms with Gasteiger partial charge in [-0.2, -0.15) is 5.10 Å². The predicted molar refractivity (Wildman–Crippen MR) is 138 cm³/mol.